The Hall–Kier alpha value is -2.25. The summed E-state index contributed by atoms with van der Waals surface area (Å²) in [4.78, 5) is 21.3. The number of nitro benzene ring substituents is 1. The summed E-state index contributed by atoms with van der Waals surface area (Å²) in [5.74, 6) is -3.98. The zero-order valence-corrected chi connectivity index (χ0v) is 9.39. The summed E-state index contributed by atoms with van der Waals surface area (Å²) in [7, 11) is 0. The average Bonchev–Trinajstić information content (AvgIpc) is 2.29. The summed E-state index contributed by atoms with van der Waals surface area (Å²) < 4.78 is 26.7. The van der Waals surface area contributed by atoms with Gasteiger partial charge in [-0.2, -0.15) is 0 Å². The Morgan fingerprint density at radius 1 is 1.50 bits per heavy atom. The fourth-order valence-electron chi connectivity index (χ4n) is 1.49. The molecule has 0 saturated carbocycles. The SMILES string of the molecule is CCN(CC(=O)O)c1c([N+](=O)[O-])ccc(F)c1F. The van der Waals surface area contributed by atoms with Crippen molar-refractivity contribution in [2.75, 3.05) is 18.0 Å². The Morgan fingerprint density at radius 2 is 2.11 bits per heavy atom. The molecule has 0 atom stereocenters. The quantitative estimate of drug-likeness (QED) is 0.644. The molecule has 1 N–H and O–H groups in total. The topological polar surface area (TPSA) is 83.7 Å². The van der Waals surface area contributed by atoms with Crippen molar-refractivity contribution in [3.05, 3.63) is 33.9 Å². The molecule has 98 valence electrons. The van der Waals surface area contributed by atoms with E-state index in [1.165, 1.54) is 6.92 Å². The van der Waals surface area contributed by atoms with Crippen molar-refractivity contribution in [1.29, 1.82) is 0 Å². The maximum absolute atomic E-state index is 13.6. The van der Waals surface area contributed by atoms with E-state index in [0.29, 0.717) is 6.07 Å². The minimum absolute atomic E-state index is 0.00644. The molecule has 0 heterocycles. The van der Waals surface area contributed by atoms with E-state index in [4.69, 9.17) is 5.11 Å². The maximum Gasteiger partial charge on any atom is 0.323 e. The van der Waals surface area contributed by atoms with Crippen molar-refractivity contribution in [2.45, 2.75) is 6.92 Å². The summed E-state index contributed by atoms with van der Waals surface area (Å²) in [6, 6.07) is 1.43. The van der Waals surface area contributed by atoms with Crippen molar-refractivity contribution < 1.29 is 23.6 Å². The number of nitro groups is 1. The van der Waals surface area contributed by atoms with Crippen molar-refractivity contribution in [1.82, 2.24) is 0 Å². The molecule has 0 spiro atoms. The fraction of sp³-hybridized carbons (Fsp3) is 0.300. The van der Waals surface area contributed by atoms with Crippen LogP contribution in [0.25, 0.3) is 0 Å². The van der Waals surface area contributed by atoms with Crippen molar-refractivity contribution in [2.24, 2.45) is 0 Å². The number of likely N-dealkylation sites (N-methyl/N-ethyl adjacent to an activating group) is 1. The van der Waals surface area contributed by atoms with E-state index < -0.39 is 40.4 Å². The number of nitrogens with zero attached hydrogens (tertiary/aromatic N) is 2. The number of halogens is 2. The molecule has 1 aromatic carbocycles. The normalized spacial score (nSPS) is 10.2. The summed E-state index contributed by atoms with van der Waals surface area (Å²) in [5, 5.41) is 19.4. The van der Waals surface area contributed by atoms with E-state index in [2.05, 4.69) is 0 Å². The lowest BCUT2D eigenvalue weighted by atomic mass is 10.2. The third-order valence-corrected chi connectivity index (χ3v) is 2.27. The number of carbonyl (C=O) groups is 1. The van der Waals surface area contributed by atoms with Crippen LogP contribution in [0.4, 0.5) is 20.2 Å². The van der Waals surface area contributed by atoms with Crippen LogP contribution < -0.4 is 4.90 Å². The van der Waals surface area contributed by atoms with Gasteiger partial charge in [0.25, 0.3) is 5.69 Å². The number of carboxylic acids is 1. The van der Waals surface area contributed by atoms with Crippen LogP contribution in [0.5, 0.6) is 0 Å². The molecule has 0 aliphatic rings. The number of benzene rings is 1. The zero-order valence-electron chi connectivity index (χ0n) is 9.39. The van der Waals surface area contributed by atoms with Crippen molar-refractivity contribution in [3.63, 3.8) is 0 Å². The second kappa shape index (κ2) is 5.39. The highest BCUT2D eigenvalue weighted by molar-refractivity contribution is 5.76. The monoisotopic (exact) mass is 260 g/mol. The molecule has 0 fully saturated rings. The van der Waals surface area contributed by atoms with E-state index in [1.54, 1.807) is 0 Å². The van der Waals surface area contributed by atoms with Gasteiger partial charge < -0.3 is 10.0 Å². The van der Waals surface area contributed by atoms with Crippen LogP contribution in [0.15, 0.2) is 12.1 Å². The molecule has 1 rings (SSSR count). The van der Waals surface area contributed by atoms with E-state index in [1.807, 2.05) is 0 Å². The molecule has 6 nitrogen and oxygen atoms in total. The van der Waals surface area contributed by atoms with E-state index in [0.717, 1.165) is 11.0 Å². The van der Waals surface area contributed by atoms with Gasteiger partial charge in [0, 0.05) is 12.6 Å². The largest absolute Gasteiger partial charge is 0.480 e. The number of aliphatic carboxylic acids is 1. The first-order chi connectivity index (χ1) is 8.38. The lowest BCUT2D eigenvalue weighted by molar-refractivity contribution is -0.384. The minimum Gasteiger partial charge on any atom is -0.480 e. The van der Waals surface area contributed by atoms with Gasteiger partial charge in [0.05, 0.1) is 4.92 Å². The van der Waals surface area contributed by atoms with Crippen LogP contribution in [-0.4, -0.2) is 29.1 Å². The molecule has 0 amide bonds. The van der Waals surface area contributed by atoms with E-state index >= 15 is 0 Å². The van der Waals surface area contributed by atoms with Crippen LogP contribution in [0.2, 0.25) is 0 Å². The lowest BCUT2D eigenvalue weighted by Crippen LogP contribution is -2.31. The average molecular weight is 260 g/mol. The maximum atomic E-state index is 13.6. The molecular weight excluding hydrogens is 250 g/mol. The predicted octanol–water partition coefficient (Wildman–Crippen LogP) is 1.78. The first kappa shape index (κ1) is 13.8. The van der Waals surface area contributed by atoms with Crippen LogP contribution >= 0.6 is 0 Å². The van der Waals surface area contributed by atoms with Crippen LogP contribution in [0.3, 0.4) is 0 Å². The van der Waals surface area contributed by atoms with E-state index in [-0.39, 0.29) is 6.54 Å². The van der Waals surface area contributed by atoms with Gasteiger partial charge in [-0.1, -0.05) is 0 Å². The van der Waals surface area contributed by atoms with E-state index in [9.17, 15) is 23.7 Å². The Kier molecular flexibility index (Phi) is 4.13. The standard InChI is InChI=1S/C10H10F2N2O4/c1-2-13(5-8(15)16)10-7(14(17)18)4-3-6(11)9(10)12/h3-4H,2,5H2,1H3,(H,15,16). The Bertz CT molecular complexity index is 493. The summed E-state index contributed by atoms with van der Waals surface area (Å²) in [6.45, 7) is 0.822. The fourth-order valence-corrected chi connectivity index (χ4v) is 1.49. The number of hydrogen-bond donors (Lipinski definition) is 1. The highest BCUT2D eigenvalue weighted by atomic mass is 19.2. The summed E-state index contributed by atoms with van der Waals surface area (Å²) in [5.41, 5.74) is -1.32. The van der Waals surface area contributed by atoms with Gasteiger partial charge >= 0.3 is 5.97 Å². The predicted molar refractivity (Wildman–Crippen MR) is 58.5 cm³/mol. The van der Waals surface area contributed by atoms with Crippen molar-refractivity contribution >= 4 is 17.3 Å². The molecule has 0 aromatic heterocycles. The highest BCUT2D eigenvalue weighted by Gasteiger charge is 2.26. The van der Waals surface area contributed by atoms with Crippen LogP contribution in [-0.2, 0) is 4.79 Å². The highest BCUT2D eigenvalue weighted by Crippen LogP contribution is 2.32. The second-order valence-corrected chi connectivity index (χ2v) is 3.39. The Labute approximate surface area is 101 Å². The third-order valence-electron chi connectivity index (χ3n) is 2.27. The Balaban J connectivity index is 3.38. The smallest absolute Gasteiger partial charge is 0.323 e. The number of rotatable bonds is 5. The molecule has 0 bridgehead atoms. The second-order valence-electron chi connectivity index (χ2n) is 3.39. The van der Waals surface area contributed by atoms with Crippen LogP contribution in [0, 0.1) is 21.7 Å². The van der Waals surface area contributed by atoms with Gasteiger partial charge in [-0.25, -0.2) is 8.78 Å². The molecule has 8 heteroatoms. The first-order valence-electron chi connectivity index (χ1n) is 4.97. The van der Waals surface area contributed by atoms with Gasteiger partial charge in [-0.05, 0) is 13.0 Å². The zero-order chi connectivity index (χ0) is 13.9. The molecule has 0 radical (unpaired) electrons. The third kappa shape index (κ3) is 2.70. The van der Waals surface area contributed by atoms with Gasteiger partial charge in [0.2, 0.25) is 0 Å². The lowest BCUT2D eigenvalue weighted by Gasteiger charge is -2.21. The number of anilines is 1. The molecule has 18 heavy (non-hydrogen) atoms. The number of hydrogen-bond acceptors (Lipinski definition) is 4. The molecule has 1 aromatic rings. The van der Waals surface area contributed by atoms with Gasteiger partial charge in [0.1, 0.15) is 6.54 Å². The molecule has 0 saturated heterocycles. The molecular formula is C10H10F2N2O4. The van der Waals surface area contributed by atoms with Gasteiger partial charge in [-0.15, -0.1) is 0 Å². The summed E-state index contributed by atoms with van der Waals surface area (Å²) >= 11 is 0. The first-order valence-corrected chi connectivity index (χ1v) is 4.97. The molecule has 0 aliphatic heterocycles. The van der Waals surface area contributed by atoms with Gasteiger partial charge in [0.15, 0.2) is 17.3 Å². The Morgan fingerprint density at radius 3 is 2.56 bits per heavy atom. The van der Waals surface area contributed by atoms with Gasteiger partial charge in [-0.3, -0.25) is 14.9 Å². The number of carboxylic acid groups (broad SMARTS) is 1. The minimum atomic E-state index is -1.42. The summed E-state index contributed by atoms with van der Waals surface area (Å²) in [6.07, 6.45) is 0. The molecule has 0 unspecified atom stereocenters. The molecule has 0 aliphatic carbocycles. The van der Waals surface area contributed by atoms with Crippen LogP contribution in [0.1, 0.15) is 6.92 Å². The van der Waals surface area contributed by atoms with Crippen molar-refractivity contribution in [3.8, 4) is 0 Å².